The molecule has 0 radical (unpaired) electrons. The maximum absolute atomic E-state index is 13.4. The molecule has 2 aromatic rings. The summed E-state index contributed by atoms with van der Waals surface area (Å²) in [5.74, 6) is -0.669. The van der Waals surface area contributed by atoms with Crippen molar-refractivity contribution in [3.8, 4) is 0 Å². The van der Waals surface area contributed by atoms with Gasteiger partial charge in [-0.2, -0.15) is 0 Å². The Morgan fingerprint density at radius 1 is 0.844 bits per heavy atom. The Morgan fingerprint density at radius 3 is 1.94 bits per heavy atom. The molecule has 0 saturated carbocycles. The third-order valence-electron chi connectivity index (χ3n) is 5.74. The number of benzene rings is 2. The summed E-state index contributed by atoms with van der Waals surface area (Å²) in [6, 6.07) is 13.9. The second-order valence-electron chi connectivity index (χ2n) is 8.39. The number of rotatable bonds is 13. The Morgan fingerprint density at radius 2 is 1.41 bits per heavy atom. The number of carbonyl (C=O) groups excluding carboxylic acids is 2. The van der Waals surface area contributed by atoms with E-state index in [-0.39, 0.29) is 11.9 Å². The van der Waals surface area contributed by atoms with E-state index >= 15 is 0 Å². The van der Waals surface area contributed by atoms with Crippen LogP contribution in [0.3, 0.4) is 0 Å². The summed E-state index contributed by atoms with van der Waals surface area (Å²) >= 11 is 2.89. The Labute approximate surface area is 202 Å². The second-order valence-corrected chi connectivity index (χ2v) is 20.4. The number of hydrogen-bond acceptors (Lipinski definition) is 3. The molecule has 32 heavy (non-hydrogen) atoms. The van der Waals surface area contributed by atoms with Crippen LogP contribution in [0.5, 0.6) is 0 Å². The van der Waals surface area contributed by atoms with E-state index in [4.69, 9.17) is 14.7 Å². The number of carbonyl (C=O) groups is 2. The van der Waals surface area contributed by atoms with Gasteiger partial charge in [0.1, 0.15) is 0 Å². The topological polar surface area (TPSA) is 55.4 Å². The molecule has 0 bridgehead atoms. The molecule has 1 N–H and O–H groups in total. The van der Waals surface area contributed by atoms with Crippen molar-refractivity contribution in [3.05, 3.63) is 64.7 Å². The third-order valence-corrected chi connectivity index (χ3v) is 18.6. The van der Waals surface area contributed by atoms with E-state index in [0.29, 0.717) is 21.8 Å². The molecule has 0 aliphatic rings. The molecule has 0 atom stereocenters. The van der Waals surface area contributed by atoms with Crippen molar-refractivity contribution in [2.75, 3.05) is 5.32 Å². The van der Waals surface area contributed by atoms with Crippen molar-refractivity contribution in [2.24, 2.45) is 0 Å². The van der Waals surface area contributed by atoms with Gasteiger partial charge in [-0.1, -0.05) is 0 Å². The van der Waals surface area contributed by atoms with Crippen LogP contribution in [-0.4, -0.2) is 30.7 Å². The van der Waals surface area contributed by atoms with Crippen LogP contribution in [0.2, 0.25) is 18.3 Å². The molecule has 174 valence electrons. The van der Waals surface area contributed by atoms with Gasteiger partial charge in [0.05, 0.1) is 0 Å². The summed E-state index contributed by atoms with van der Waals surface area (Å²) in [6.45, 7) is 6.56. The van der Waals surface area contributed by atoms with Crippen molar-refractivity contribution >= 4 is 48.0 Å². The summed E-state index contributed by atoms with van der Waals surface area (Å²) in [5.41, 5.74) is 1.27. The minimum atomic E-state index is -3.15. The SMILES string of the molecule is CCC[CH2][Sn]([CH2]CCC)([CH2]CCC)[O]C(=O)c1ccccc1C(=O)Nc1cccc(Cl)c1. The number of halogens is 1. The average Bonchev–Trinajstić information content (AvgIpc) is 2.80. The second kappa shape index (κ2) is 13.9. The molecule has 2 rings (SSSR count). The van der Waals surface area contributed by atoms with E-state index in [9.17, 15) is 9.59 Å². The summed E-state index contributed by atoms with van der Waals surface area (Å²) in [7, 11) is 0. The summed E-state index contributed by atoms with van der Waals surface area (Å²) < 4.78 is 9.65. The molecule has 0 unspecified atom stereocenters. The van der Waals surface area contributed by atoms with Crippen LogP contribution in [0.25, 0.3) is 0 Å². The molecule has 4 nitrogen and oxygen atoms in total. The van der Waals surface area contributed by atoms with Crippen LogP contribution >= 0.6 is 11.6 Å². The van der Waals surface area contributed by atoms with Gasteiger partial charge < -0.3 is 0 Å². The van der Waals surface area contributed by atoms with E-state index in [1.165, 1.54) is 0 Å². The quantitative estimate of drug-likeness (QED) is 0.250. The van der Waals surface area contributed by atoms with E-state index < -0.39 is 18.8 Å². The fraction of sp³-hybridized carbons (Fsp3) is 0.462. The van der Waals surface area contributed by atoms with Crippen LogP contribution in [0, 0.1) is 0 Å². The zero-order valence-corrected chi connectivity index (χ0v) is 23.2. The Bertz CT molecular complexity index is 865. The van der Waals surface area contributed by atoms with E-state index in [1.807, 2.05) is 0 Å². The van der Waals surface area contributed by atoms with Gasteiger partial charge in [-0.05, 0) is 0 Å². The van der Waals surface area contributed by atoms with Crippen LogP contribution in [0.4, 0.5) is 5.69 Å². The molecule has 6 heteroatoms. The number of hydrogen-bond donors (Lipinski definition) is 1. The van der Waals surface area contributed by atoms with Crippen LogP contribution in [-0.2, 0) is 3.07 Å². The van der Waals surface area contributed by atoms with Crippen molar-refractivity contribution in [1.82, 2.24) is 0 Å². The van der Waals surface area contributed by atoms with E-state index in [1.54, 1.807) is 48.5 Å². The first-order chi connectivity index (χ1) is 15.4. The first-order valence-corrected chi connectivity index (χ1v) is 19.4. The predicted octanol–water partition coefficient (Wildman–Crippen LogP) is 8.09. The van der Waals surface area contributed by atoms with Crippen LogP contribution < -0.4 is 5.32 Å². The maximum atomic E-state index is 13.4. The summed E-state index contributed by atoms with van der Waals surface area (Å²) in [5, 5.41) is 3.39. The van der Waals surface area contributed by atoms with Gasteiger partial charge in [-0.25, -0.2) is 0 Å². The van der Waals surface area contributed by atoms with Crippen LogP contribution in [0.1, 0.15) is 80.0 Å². The van der Waals surface area contributed by atoms with Crippen LogP contribution in [0.15, 0.2) is 48.5 Å². The van der Waals surface area contributed by atoms with Crippen molar-refractivity contribution in [3.63, 3.8) is 0 Å². The first kappa shape index (κ1) is 26.7. The molecule has 1 amide bonds. The number of amides is 1. The van der Waals surface area contributed by atoms with Crippen molar-refractivity contribution in [2.45, 2.75) is 72.6 Å². The van der Waals surface area contributed by atoms with Gasteiger partial charge in [-0.15, -0.1) is 0 Å². The molecular weight excluding hydrogens is 528 g/mol. The molecule has 0 spiro atoms. The average molecular weight is 565 g/mol. The molecule has 0 aliphatic heterocycles. The zero-order chi connectivity index (χ0) is 23.4. The van der Waals surface area contributed by atoms with Gasteiger partial charge in [0.15, 0.2) is 0 Å². The molecular formula is C26H36ClNO3Sn. The molecule has 2 aromatic carbocycles. The number of nitrogens with one attached hydrogen (secondary N) is 1. The molecule has 0 fully saturated rings. The van der Waals surface area contributed by atoms with Gasteiger partial charge in [-0.3, -0.25) is 0 Å². The minimum absolute atomic E-state index is 0.332. The number of anilines is 1. The molecule has 0 aliphatic carbocycles. The van der Waals surface area contributed by atoms with Gasteiger partial charge in [0, 0.05) is 0 Å². The summed E-state index contributed by atoms with van der Waals surface area (Å²) in [4.78, 5) is 26.4. The van der Waals surface area contributed by atoms with Gasteiger partial charge >= 0.3 is 203 Å². The normalized spacial score (nSPS) is 11.2. The first-order valence-electron chi connectivity index (χ1n) is 11.8. The molecule has 0 heterocycles. The number of unbranched alkanes of at least 4 members (excludes halogenated alkanes) is 3. The Balaban J connectivity index is 2.28. The van der Waals surface area contributed by atoms with E-state index in [0.717, 1.165) is 51.8 Å². The van der Waals surface area contributed by atoms with Crippen molar-refractivity contribution < 1.29 is 12.7 Å². The monoisotopic (exact) mass is 565 g/mol. The fourth-order valence-corrected chi connectivity index (χ4v) is 17.1. The molecule has 0 saturated heterocycles. The zero-order valence-electron chi connectivity index (χ0n) is 19.6. The van der Waals surface area contributed by atoms with Crippen molar-refractivity contribution in [1.29, 1.82) is 0 Å². The van der Waals surface area contributed by atoms with Gasteiger partial charge in [0.25, 0.3) is 0 Å². The Kier molecular flexibility index (Phi) is 11.6. The Hall–Kier alpha value is -1.53. The molecule has 0 aromatic heterocycles. The van der Waals surface area contributed by atoms with E-state index in [2.05, 4.69) is 26.1 Å². The predicted molar refractivity (Wildman–Crippen MR) is 136 cm³/mol. The van der Waals surface area contributed by atoms with Gasteiger partial charge in [0.2, 0.25) is 0 Å². The fourth-order valence-electron chi connectivity index (χ4n) is 3.90. The summed E-state index contributed by atoms with van der Waals surface area (Å²) in [6.07, 6.45) is 6.63. The standard InChI is InChI=1S/C14H10ClNO3.3C4H9.Sn/c15-9-4-3-5-10(8-9)16-13(17)11-6-1-2-7-12(11)14(18)19;3*1-3-4-2;/h1-8H,(H,16,17)(H,18,19);3*1,3-4H2,2H3;/q;;;;+1/p-1. The third kappa shape index (κ3) is 8.11.